The molecule has 8 nitrogen and oxygen atoms in total. The van der Waals surface area contributed by atoms with Crippen molar-refractivity contribution in [2.75, 3.05) is 49.5 Å². The van der Waals surface area contributed by atoms with E-state index in [0.717, 1.165) is 17.4 Å². The third-order valence-corrected chi connectivity index (χ3v) is 6.14. The van der Waals surface area contributed by atoms with Gasteiger partial charge in [0.15, 0.2) is 29.1 Å². The molecule has 0 aliphatic carbocycles. The molecule has 1 aliphatic rings. The van der Waals surface area contributed by atoms with Crippen LogP contribution in [0.2, 0.25) is 0 Å². The zero-order valence-electron chi connectivity index (χ0n) is 20.8. The number of rotatable bonds is 7. The Kier molecular flexibility index (Phi) is 8.08. The molecule has 12 heteroatoms. The average molecular weight is 531 g/mol. The molecular formula is C26H26F4N6O2. The summed E-state index contributed by atoms with van der Waals surface area (Å²) < 4.78 is 56.8. The van der Waals surface area contributed by atoms with Crippen molar-refractivity contribution in [3.05, 3.63) is 70.8 Å². The molecule has 38 heavy (non-hydrogen) atoms. The van der Waals surface area contributed by atoms with Gasteiger partial charge in [0, 0.05) is 63.4 Å². The van der Waals surface area contributed by atoms with Gasteiger partial charge in [0.1, 0.15) is 17.2 Å². The number of amides is 2. The molecule has 0 bridgehead atoms. The van der Waals surface area contributed by atoms with Gasteiger partial charge in [-0.3, -0.25) is 9.59 Å². The summed E-state index contributed by atoms with van der Waals surface area (Å²) in [5.74, 6) is -6.31. The van der Waals surface area contributed by atoms with Crippen LogP contribution in [0, 0.1) is 30.2 Å². The smallest absolute Gasteiger partial charge is 0.260 e. The lowest BCUT2D eigenvalue weighted by atomic mass is 10.1. The molecule has 2 amide bonds. The summed E-state index contributed by atoms with van der Waals surface area (Å²) in [6.45, 7) is 3.74. The van der Waals surface area contributed by atoms with Crippen LogP contribution in [0.15, 0.2) is 36.4 Å². The number of piperazine rings is 1. The van der Waals surface area contributed by atoms with Gasteiger partial charge >= 0.3 is 0 Å². The second kappa shape index (κ2) is 11.4. The van der Waals surface area contributed by atoms with Gasteiger partial charge in [-0.1, -0.05) is 30.3 Å². The Labute approximate surface area is 216 Å². The van der Waals surface area contributed by atoms with Gasteiger partial charge in [0.2, 0.25) is 5.91 Å². The number of hydrogen-bond acceptors (Lipinski definition) is 6. The fraction of sp³-hybridized carbons (Fsp3) is 0.308. The first-order valence-electron chi connectivity index (χ1n) is 12.0. The normalized spacial score (nSPS) is 13.4. The van der Waals surface area contributed by atoms with Gasteiger partial charge in [0.05, 0.1) is 0 Å². The summed E-state index contributed by atoms with van der Waals surface area (Å²) >= 11 is 0. The topological polar surface area (TPSA) is 90.5 Å². The molecule has 1 aromatic heterocycles. The highest BCUT2D eigenvalue weighted by Gasteiger charge is 2.32. The minimum atomic E-state index is -1.70. The van der Waals surface area contributed by atoms with Crippen molar-refractivity contribution in [1.82, 2.24) is 20.2 Å². The Hall–Kier alpha value is -4.22. The van der Waals surface area contributed by atoms with E-state index in [4.69, 9.17) is 0 Å². The van der Waals surface area contributed by atoms with Crippen molar-refractivity contribution in [2.24, 2.45) is 0 Å². The summed E-state index contributed by atoms with van der Waals surface area (Å²) in [7, 11) is 0. The Morgan fingerprint density at radius 1 is 0.895 bits per heavy atom. The standard InChI is InChI=1S/C26H26F4N6O2/c1-15-21(27)23(29)20(24(30)22(15)28)26(38)36-12-10-35(11-13-36)19-14-18(32-9-8-31-16(2)37)33-25(34-19)17-6-4-3-5-7-17/h3-7,14H,8-13H2,1-2H3,(H,31,37)(H,32,33,34). The molecule has 0 spiro atoms. The van der Waals surface area contributed by atoms with Gasteiger partial charge < -0.3 is 20.4 Å². The summed E-state index contributed by atoms with van der Waals surface area (Å²) in [5.41, 5.74) is -1.28. The van der Waals surface area contributed by atoms with E-state index in [-0.39, 0.29) is 32.1 Å². The molecule has 0 unspecified atom stereocenters. The Balaban J connectivity index is 1.53. The van der Waals surface area contributed by atoms with E-state index >= 15 is 0 Å². The van der Waals surface area contributed by atoms with Gasteiger partial charge in [-0.15, -0.1) is 0 Å². The van der Waals surface area contributed by atoms with Gasteiger partial charge in [-0.25, -0.2) is 27.5 Å². The fourth-order valence-corrected chi connectivity index (χ4v) is 4.06. The average Bonchev–Trinajstić information content (AvgIpc) is 2.93. The number of hydrogen-bond donors (Lipinski definition) is 2. The molecule has 2 N–H and O–H groups in total. The molecule has 0 radical (unpaired) electrons. The Morgan fingerprint density at radius 3 is 2.13 bits per heavy atom. The van der Waals surface area contributed by atoms with E-state index in [9.17, 15) is 27.2 Å². The number of nitrogens with one attached hydrogen (secondary N) is 2. The molecule has 0 saturated carbocycles. The van der Waals surface area contributed by atoms with Crippen LogP contribution >= 0.6 is 0 Å². The van der Waals surface area contributed by atoms with Gasteiger partial charge in [0.25, 0.3) is 5.91 Å². The highest BCUT2D eigenvalue weighted by Crippen LogP contribution is 2.27. The molecule has 1 fully saturated rings. The van der Waals surface area contributed by atoms with E-state index in [1.54, 1.807) is 6.07 Å². The predicted octanol–water partition coefficient (Wildman–Crippen LogP) is 3.52. The summed E-state index contributed by atoms with van der Waals surface area (Å²) in [4.78, 5) is 36.2. The van der Waals surface area contributed by atoms with Crippen LogP contribution < -0.4 is 15.5 Å². The van der Waals surface area contributed by atoms with Crippen LogP contribution in [0.25, 0.3) is 11.4 Å². The highest BCUT2D eigenvalue weighted by atomic mass is 19.2. The molecule has 2 heterocycles. The lowest BCUT2D eigenvalue weighted by molar-refractivity contribution is -0.118. The van der Waals surface area contributed by atoms with Crippen LogP contribution in [0.4, 0.5) is 29.2 Å². The number of carbonyl (C=O) groups excluding carboxylic acids is 2. The maximum Gasteiger partial charge on any atom is 0.260 e. The second-order valence-corrected chi connectivity index (χ2v) is 8.75. The minimum absolute atomic E-state index is 0.0464. The number of nitrogens with zero attached hydrogens (tertiary/aromatic N) is 4. The Bertz CT molecular complexity index is 1320. The van der Waals surface area contributed by atoms with Crippen molar-refractivity contribution in [1.29, 1.82) is 0 Å². The first-order chi connectivity index (χ1) is 18.2. The highest BCUT2D eigenvalue weighted by molar-refractivity contribution is 5.95. The van der Waals surface area contributed by atoms with E-state index in [1.165, 1.54) is 6.92 Å². The zero-order chi connectivity index (χ0) is 27.4. The first kappa shape index (κ1) is 26.8. The monoisotopic (exact) mass is 530 g/mol. The quantitative estimate of drug-likeness (QED) is 0.276. The van der Waals surface area contributed by atoms with Gasteiger partial charge in [-0.05, 0) is 6.92 Å². The maximum absolute atomic E-state index is 14.4. The van der Waals surface area contributed by atoms with Crippen LogP contribution in [-0.4, -0.2) is 66.0 Å². The van der Waals surface area contributed by atoms with Crippen LogP contribution in [0.3, 0.4) is 0 Å². The Morgan fingerprint density at radius 2 is 1.53 bits per heavy atom. The van der Waals surface area contributed by atoms with Gasteiger partial charge in [-0.2, -0.15) is 0 Å². The van der Waals surface area contributed by atoms with Crippen LogP contribution in [-0.2, 0) is 4.79 Å². The molecule has 1 aliphatic heterocycles. The number of carbonyl (C=O) groups is 2. The second-order valence-electron chi connectivity index (χ2n) is 8.75. The van der Waals surface area contributed by atoms with E-state index in [0.29, 0.717) is 30.5 Å². The minimum Gasteiger partial charge on any atom is -0.368 e. The van der Waals surface area contributed by atoms with Crippen molar-refractivity contribution < 1.29 is 27.2 Å². The molecule has 200 valence electrons. The number of halogens is 4. The SMILES string of the molecule is CC(=O)NCCNc1cc(N2CCN(C(=O)c3c(F)c(F)c(C)c(F)c3F)CC2)nc(-c2ccccc2)n1. The van der Waals surface area contributed by atoms with Crippen LogP contribution in [0.5, 0.6) is 0 Å². The molecular weight excluding hydrogens is 504 g/mol. The summed E-state index contributed by atoms with van der Waals surface area (Å²) in [6.07, 6.45) is 0. The van der Waals surface area contributed by atoms with Crippen molar-refractivity contribution in [2.45, 2.75) is 13.8 Å². The predicted molar refractivity (Wildman–Crippen MR) is 134 cm³/mol. The number of aromatic nitrogens is 2. The zero-order valence-corrected chi connectivity index (χ0v) is 20.8. The van der Waals surface area contributed by atoms with E-state index in [2.05, 4.69) is 20.6 Å². The lowest BCUT2D eigenvalue weighted by Gasteiger charge is -2.35. The third kappa shape index (κ3) is 5.68. The summed E-state index contributed by atoms with van der Waals surface area (Å²) in [5, 5.41) is 5.85. The largest absolute Gasteiger partial charge is 0.368 e. The molecule has 0 atom stereocenters. The van der Waals surface area contributed by atoms with E-state index < -0.39 is 40.3 Å². The molecule has 2 aromatic carbocycles. The van der Waals surface area contributed by atoms with Crippen molar-refractivity contribution in [3.8, 4) is 11.4 Å². The fourth-order valence-electron chi connectivity index (χ4n) is 4.06. The van der Waals surface area contributed by atoms with E-state index in [1.807, 2.05) is 35.2 Å². The van der Waals surface area contributed by atoms with Crippen LogP contribution in [0.1, 0.15) is 22.8 Å². The lowest BCUT2D eigenvalue weighted by Crippen LogP contribution is -2.49. The maximum atomic E-state index is 14.4. The third-order valence-electron chi connectivity index (χ3n) is 6.14. The first-order valence-corrected chi connectivity index (χ1v) is 12.0. The summed E-state index contributed by atoms with van der Waals surface area (Å²) in [6, 6.07) is 11.0. The molecule has 4 rings (SSSR count). The van der Waals surface area contributed by atoms with Crippen molar-refractivity contribution >= 4 is 23.5 Å². The number of anilines is 2. The molecule has 1 saturated heterocycles. The number of benzene rings is 2. The van der Waals surface area contributed by atoms with Crippen molar-refractivity contribution in [3.63, 3.8) is 0 Å². The molecule has 3 aromatic rings.